The van der Waals surface area contributed by atoms with Gasteiger partial charge in [-0.25, -0.2) is 13.8 Å². The van der Waals surface area contributed by atoms with Gasteiger partial charge in [0.05, 0.1) is 17.6 Å². The number of nitrogens with one attached hydrogen (secondary N) is 1. The maximum absolute atomic E-state index is 13.2. The van der Waals surface area contributed by atoms with Gasteiger partial charge in [0.2, 0.25) is 0 Å². The monoisotopic (exact) mass is 564 g/mol. The second-order valence-corrected chi connectivity index (χ2v) is 17.2. The molecule has 1 fully saturated rings. The first-order chi connectivity index (χ1) is 17.6. The average molecular weight is 565 g/mol. The highest BCUT2D eigenvalue weighted by molar-refractivity contribution is 7.90. The highest BCUT2D eigenvalue weighted by atomic mass is 32.2. The van der Waals surface area contributed by atoms with Crippen LogP contribution < -0.4 is 11.2 Å². The zero-order chi connectivity index (χ0) is 28.1. The maximum Gasteiger partial charge on any atom is 0.338 e. The predicted octanol–water partition coefficient (Wildman–Crippen LogP) is 2.60. The Kier molecular flexibility index (Phi) is 7.21. The summed E-state index contributed by atoms with van der Waals surface area (Å²) in [6.07, 6.45) is -1.30. The van der Waals surface area contributed by atoms with Crippen molar-refractivity contribution in [3.8, 4) is 0 Å². The molecule has 4 atom stereocenters. The fourth-order valence-corrected chi connectivity index (χ4v) is 6.16. The number of aryl methyl sites for hydroxylation is 1. The summed E-state index contributed by atoms with van der Waals surface area (Å²) in [5.41, 5.74) is -2.82. The molecule has 2 aliphatic rings. The Morgan fingerprint density at radius 1 is 1.18 bits per heavy atom. The summed E-state index contributed by atoms with van der Waals surface area (Å²) in [7, 11) is -6.50. The largest absolute Gasteiger partial charge is 0.450 e. The van der Waals surface area contributed by atoms with Crippen LogP contribution in [0.5, 0.6) is 0 Å². The zero-order valence-corrected chi connectivity index (χ0v) is 23.9. The molecule has 0 amide bonds. The number of benzene rings is 1. The molecule has 1 N–H and O–H groups in total. The second-order valence-electron chi connectivity index (χ2n) is 11.0. The molecule has 3 heterocycles. The Labute approximate surface area is 221 Å². The first-order valence-corrected chi connectivity index (χ1v) is 16.5. The van der Waals surface area contributed by atoms with Crippen molar-refractivity contribution in [2.75, 3.05) is 6.61 Å². The Morgan fingerprint density at radius 2 is 1.84 bits per heavy atom. The number of rotatable bonds is 6. The lowest BCUT2D eigenvalue weighted by molar-refractivity contribution is -0.0592. The maximum atomic E-state index is 13.2. The Bertz CT molecular complexity index is 1470. The molecule has 13 heteroatoms. The molecule has 206 valence electrons. The van der Waals surface area contributed by atoms with Gasteiger partial charge in [-0.2, -0.15) is 8.42 Å². The second kappa shape index (κ2) is 9.72. The average Bonchev–Trinajstić information content (AvgIpc) is 3.30. The summed E-state index contributed by atoms with van der Waals surface area (Å²) in [6.45, 7) is 11.6. The fraction of sp³-hybridized carbons (Fsp3) is 0.480. The summed E-state index contributed by atoms with van der Waals surface area (Å²) in [6, 6.07) is 8.10. The van der Waals surface area contributed by atoms with Crippen LogP contribution in [0.15, 0.2) is 57.6 Å². The number of H-pyrrole nitrogens is 1. The van der Waals surface area contributed by atoms with Crippen molar-refractivity contribution in [1.29, 1.82) is 0 Å². The number of ether oxygens (including phenoxy) is 2. The Balaban J connectivity index is 1.82. The molecule has 1 unspecified atom stereocenters. The van der Waals surface area contributed by atoms with E-state index in [0.717, 1.165) is 9.98 Å². The Morgan fingerprint density at radius 3 is 2.42 bits per heavy atom. The smallest absolute Gasteiger partial charge is 0.338 e. The van der Waals surface area contributed by atoms with Crippen LogP contribution in [-0.2, 0) is 28.2 Å². The van der Waals surface area contributed by atoms with E-state index in [0.29, 0.717) is 0 Å². The summed E-state index contributed by atoms with van der Waals surface area (Å²) >= 11 is 0. The molecule has 2 aromatic rings. The summed E-state index contributed by atoms with van der Waals surface area (Å²) in [5.74, 6) is -0.773. The topological polar surface area (TPSA) is 143 Å². The molecule has 1 saturated heterocycles. The molecule has 0 radical (unpaired) electrons. The van der Waals surface area contributed by atoms with Crippen LogP contribution in [0.3, 0.4) is 0 Å². The zero-order valence-electron chi connectivity index (χ0n) is 22.1. The normalized spacial score (nSPS) is 26.6. The van der Waals surface area contributed by atoms with Crippen LogP contribution >= 0.6 is 0 Å². The van der Waals surface area contributed by atoms with E-state index in [1.165, 1.54) is 31.3 Å². The molecule has 0 bridgehead atoms. The first-order valence-electron chi connectivity index (χ1n) is 12.1. The highest BCUT2D eigenvalue weighted by Crippen LogP contribution is 2.47. The third-order valence-corrected chi connectivity index (χ3v) is 12.8. The quantitative estimate of drug-likeness (QED) is 0.318. The lowest BCUT2D eigenvalue weighted by atomic mass is 9.92. The van der Waals surface area contributed by atoms with E-state index in [4.69, 9.17) is 18.1 Å². The SMILES string of the molecule is Cc1cn([C@@H]2O[C@H](CO[Si](C)(C)C(C)(C)C)C3(C=CS(=O)(=O)O3)[C@H]2OC(=O)c2ccccc2)c(=O)[nH]c1=O. The van der Waals surface area contributed by atoms with Gasteiger partial charge in [0.1, 0.15) is 6.10 Å². The van der Waals surface area contributed by atoms with Crippen molar-refractivity contribution in [3.63, 3.8) is 0 Å². The van der Waals surface area contributed by atoms with Crippen molar-refractivity contribution in [2.45, 2.75) is 69.9 Å². The molecule has 1 aromatic heterocycles. The van der Waals surface area contributed by atoms with Crippen LogP contribution in [0.4, 0.5) is 0 Å². The number of aromatic amines is 1. The fourth-order valence-electron chi connectivity index (χ4n) is 4.07. The van der Waals surface area contributed by atoms with Gasteiger partial charge < -0.3 is 13.9 Å². The number of carbonyl (C=O) groups is 1. The van der Waals surface area contributed by atoms with Gasteiger partial charge in [0.15, 0.2) is 26.3 Å². The standard InChI is InChI=1S/C25H32N2O9SSi/c1-16-14-27(23(30)26-20(16)28)21-19(35-22(29)17-10-8-7-9-11-17)25(12-13-37(31,32)36-25)18(34-21)15-33-38(5,6)24(2,3)4/h7-14,18-19,21H,15H2,1-6H3,(H,26,28,30)/t18-,19+,21-,25?/m1/s1. The van der Waals surface area contributed by atoms with Crippen LogP contribution in [0.25, 0.3) is 0 Å². The third kappa shape index (κ3) is 5.21. The molecule has 0 aliphatic carbocycles. The van der Waals surface area contributed by atoms with E-state index in [2.05, 4.69) is 25.8 Å². The minimum atomic E-state index is -4.16. The lowest BCUT2D eigenvalue weighted by Crippen LogP contribution is -2.53. The van der Waals surface area contributed by atoms with Crippen LogP contribution in [0.2, 0.25) is 18.1 Å². The molecule has 1 aromatic carbocycles. The minimum Gasteiger partial charge on any atom is -0.450 e. The van der Waals surface area contributed by atoms with E-state index < -0.39 is 59.7 Å². The van der Waals surface area contributed by atoms with Crippen LogP contribution in [-0.4, -0.2) is 56.7 Å². The summed E-state index contributed by atoms with van der Waals surface area (Å²) in [4.78, 5) is 40.3. The molecule has 11 nitrogen and oxygen atoms in total. The van der Waals surface area contributed by atoms with Crippen molar-refractivity contribution < 1.29 is 31.3 Å². The number of aromatic nitrogens is 2. The van der Waals surface area contributed by atoms with E-state index >= 15 is 0 Å². The molecule has 38 heavy (non-hydrogen) atoms. The van der Waals surface area contributed by atoms with E-state index in [1.807, 2.05) is 13.1 Å². The number of esters is 1. The number of carbonyl (C=O) groups excluding carboxylic acids is 1. The highest BCUT2D eigenvalue weighted by Gasteiger charge is 2.64. The molecule has 1 spiro atoms. The van der Waals surface area contributed by atoms with Gasteiger partial charge in [-0.3, -0.25) is 14.3 Å². The molecular weight excluding hydrogens is 532 g/mol. The van der Waals surface area contributed by atoms with Gasteiger partial charge in [-0.15, -0.1) is 0 Å². The van der Waals surface area contributed by atoms with E-state index in [-0.39, 0.29) is 22.8 Å². The summed E-state index contributed by atoms with van der Waals surface area (Å²) in [5, 5.41) is 0.713. The van der Waals surface area contributed by atoms with Gasteiger partial charge >= 0.3 is 11.7 Å². The van der Waals surface area contributed by atoms with Gasteiger partial charge in [0.25, 0.3) is 15.7 Å². The number of nitrogens with zero attached hydrogens (tertiary/aromatic N) is 1. The van der Waals surface area contributed by atoms with E-state index in [1.54, 1.807) is 18.2 Å². The van der Waals surface area contributed by atoms with Gasteiger partial charge in [-0.05, 0) is 43.3 Å². The van der Waals surface area contributed by atoms with Crippen LogP contribution in [0, 0.1) is 6.92 Å². The minimum absolute atomic E-state index is 0.0939. The third-order valence-electron chi connectivity index (χ3n) is 7.33. The van der Waals surface area contributed by atoms with Crippen molar-refractivity contribution in [3.05, 3.63) is 80.0 Å². The van der Waals surface area contributed by atoms with Gasteiger partial charge in [-0.1, -0.05) is 39.0 Å². The van der Waals surface area contributed by atoms with Crippen molar-refractivity contribution in [1.82, 2.24) is 9.55 Å². The number of hydrogen-bond donors (Lipinski definition) is 1. The van der Waals surface area contributed by atoms with Crippen molar-refractivity contribution >= 4 is 24.4 Å². The molecule has 2 aliphatic heterocycles. The van der Waals surface area contributed by atoms with Crippen molar-refractivity contribution in [2.24, 2.45) is 0 Å². The summed E-state index contributed by atoms with van der Waals surface area (Å²) < 4.78 is 50.2. The number of hydrogen-bond acceptors (Lipinski definition) is 9. The molecule has 0 saturated carbocycles. The Hall–Kier alpha value is -2.84. The van der Waals surface area contributed by atoms with Gasteiger partial charge in [0, 0.05) is 11.8 Å². The van der Waals surface area contributed by atoms with E-state index in [9.17, 15) is 22.8 Å². The molecular formula is C25H32N2O9SSi. The van der Waals surface area contributed by atoms with Crippen LogP contribution in [0.1, 0.15) is 42.9 Å². The lowest BCUT2D eigenvalue weighted by Gasteiger charge is -2.38. The molecule has 4 rings (SSSR count). The predicted molar refractivity (Wildman–Crippen MR) is 141 cm³/mol. The first kappa shape index (κ1) is 28.2.